The molecule has 2 N–H and O–H groups in total. The molecule has 0 atom stereocenters. The van der Waals surface area contributed by atoms with Crippen molar-refractivity contribution in [3.8, 4) is 5.75 Å². The van der Waals surface area contributed by atoms with Crippen LogP contribution < -0.4 is 15.6 Å². The van der Waals surface area contributed by atoms with E-state index >= 15 is 0 Å². The van der Waals surface area contributed by atoms with E-state index < -0.39 is 30.2 Å². The third-order valence-electron chi connectivity index (χ3n) is 2.99. The van der Waals surface area contributed by atoms with Crippen molar-refractivity contribution < 1.29 is 32.7 Å². The molecule has 0 radical (unpaired) electrons. The van der Waals surface area contributed by atoms with Crippen LogP contribution in [0.3, 0.4) is 0 Å². The van der Waals surface area contributed by atoms with Crippen molar-refractivity contribution in [1.29, 1.82) is 0 Å². The zero-order valence-corrected chi connectivity index (χ0v) is 13.2. The fraction of sp³-hybridized carbons (Fsp3) is 0.188. The zero-order chi connectivity index (χ0) is 18.2. The van der Waals surface area contributed by atoms with Gasteiger partial charge in [-0.2, -0.15) is 0 Å². The van der Waals surface area contributed by atoms with Gasteiger partial charge in [0.25, 0.3) is 5.91 Å². The molecule has 0 fully saturated rings. The van der Waals surface area contributed by atoms with Crippen molar-refractivity contribution in [2.75, 3.05) is 13.7 Å². The van der Waals surface area contributed by atoms with Gasteiger partial charge in [0.1, 0.15) is 0 Å². The van der Waals surface area contributed by atoms with Crippen molar-refractivity contribution in [2.45, 2.75) is 6.42 Å². The molecule has 0 bridgehead atoms. The number of nitrogens with one attached hydrogen (secondary N) is 2. The number of amides is 2. The highest BCUT2D eigenvalue weighted by Gasteiger charge is 2.13. The van der Waals surface area contributed by atoms with E-state index in [9.17, 15) is 18.8 Å². The predicted octanol–water partition coefficient (Wildman–Crippen LogP) is 0.974. The normalized spacial score (nSPS) is 10.0. The molecule has 8 nitrogen and oxygen atoms in total. The van der Waals surface area contributed by atoms with Gasteiger partial charge in [-0.3, -0.25) is 25.2 Å². The number of furan rings is 1. The molecule has 0 aliphatic rings. The van der Waals surface area contributed by atoms with Crippen LogP contribution >= 0.6 is 0 Å². The smallest absolute Gasteiger partial charge is 0.310 e. The Balaban J connectivity index is 1.73. The lowest BCUT2D eigenvalue weighted by Gasteiger charge is -2.08. The topological polar surface area (TPSA) is 107 Å². The average molecular weight is 350 g/mol. The molecule has 0 saturated carbocycles. The van der Waals surface area contributed by atoms with E-state index in [1.807, 2.05) is 0 Å². The summed E-state index contributed by atoms with van der Waals surface area (Å²) in [6.07, 6.45) is 1.09. The second-order valence-corrected chi connectivity index (χ2v) is 4.79. The quantitative estimate of drug-likeness (QED) is 0.594. The summed E-state index contributed by atoms with van der Waals surface area (Å²) in [5.74, 6) is -2.65. The number of benzene rings is 1. The summed E-state index contributed by atoms with van der Waals surface area (Å²) in [7, 11) is 1.33. The molecule has 1 heterocycles. The maximum atomic E-state index is 13.5. The predicted molar refractivity (Wildman–Crippen MR) is 81.9 cm³/mol. The van der Waals surface area contributed by atoms with Crippen molar-refractivity contribution >= 4 is 17.8 Å². The second kappa shape index (κ2) is 8.48. The summed E-state index contributed by atoms with van der Waals surface area (Å²) < 4.78 is 27.9. The van der Waals surface area contributed by atoms with Gasteiger partial charge in [-0.15, -0.1) is 0 Å². The molecule has 0 aliphatic carbocycles. The first-order valence-corrected chi connectivity index (χ1v) is 7.10. The van der Waals surface area contributed by atoms with Gasteiger partial charge in [0.2, 0.25) is 0 Å². The maximum Gasteiger partial charge on any atom is 0.310 e. The molecule has 1 aromatic carbocycles. The highest BCUT2D eigenvalue weighted by molar-refractivity contribution is 5.93. The van der Waals surface area contributed by atoms with Gasteiger partial charge >= 0.3 is 11.9 Å². The Kier molecular flexibility index (Phi) is 6.10. The first-order valence-electron chi connectivity index (χ1n) is 7.10. The van der Waals surface area contributed by atoms with Crippen LogP contribution in [0.15, 0.2) is 41.0 Å². The van der Waals surface area contributed by atoms with Crippen LogP contribution in [0.25, 0.3) is 0 Å². The molecule has 25 heavy (non-hydrogen) atoms. The standard InChI is InChI=1S/C16H15FN2O6/c1-23-12-5-4-10(7-11(12)17)8-15(21)25-9-14(20)18-19-16(22)13-3-2-6-24-13/h2-7H,8-9H2,1H3,(H,18,20)(H,19,22). The number of hydrogen-bond acceptors (Lipinski definition) is 6. The number of hydrogen-bond donors (Lipinski definition) is 2. The Bertz CT molecular complexity index is 760. The Morgan fingerprint density at radius 2 is 2.00 bits per heavy atom. The van der Waals surface area contributed by atoms with Crippen LogP contribution in [0.4, 0.5) is 4.39 Å². The number of esters is 1. The largest absolute Gasteiger partial charge is 0.494 e. The minimum Gasteiger partial charge on any atom is -0.494 e. The second-order valence-electron chi connectivity index (χ2n) is 4.79. The molecule has 9 heteroatoms. The molecular formula is C16H15FN2O6. The van der Waals surface area contributed by atoms with Crippen LogP contribution in [0.1, 0.15) is 16.1 Å². The van der Waals surface area contributed by atoms with Gasteiger partial charge in [0.15, 0.2) is 23.9 Å². The Morgan fingerprint density at radius 1 is 1.20 bits per heavy atom. The van der Waals surface area contributed by atoms with Crippen LogP contribution in [-0.4, -0.2) is 31.5 Å². The lowest BCUT2D eigenvalue weighted by atomic mass is 10.1. The number of halogens is 1. The molecule has 1 aromatic heterocycles. The van der Waals surface area contributed by atoms with Crippen LogP contribution in [-0.2, 0) is 20.7 Å². The van der Waals surface area contributed by atoms with Crippen LogP contribution in [0, 0.1) is 5.82 Å². The SMILES string of the molecule is COc1ccc(CC(=O)OCC(=O)NNC(=O)c2ccco2)cc1F. The number of methoxy groups -OCH3 is 1. The minimum atomic E-state index is -0.742. The fourth-order valence-corrected chi connectivity index (χ4v) is 1.82. The maximum absolute atomic E-state index is 13.5. The van der Waals surface area contributed by atoms with Crippen molar-refractivity contribution in [3.63, 3.8) is 0 Å². The number of rotatable bonds is 6. The Hall–Kier alpha value is -3.36. The van der Waals surface area contributed by atoms with E-state index in [1.165, 1.54) is 37.6 Å². The molecule has 0 aliphatic heterocycles. The van der Waals surface area contributed by atoms with Gasteiger partial charge in [0, 0.05) is 0 Å². The summed E-state index contributed by atoms with van der Waals surface area (Å²) in [6, 6.07) is 6.96. The first-order chi connectivity index (χ1) is 12.0. The van der Waals surface area contributed by atoms with Crippen LogP contribution in [0.2, 0.25) is 0 Å². The highest BCUT2D eigenvalue weighted by atomic mass is 19.1. The Labute approximate surface area is 141 Å². The molecule has 132 valence electrons. The van der Waals surface area contributed by atoms with Crippen molar-refractivity contribution in [3.05, 3.63) is 53.7 Å². The fourth-order valence-electron chi connectivity index (χ4n) is 1.82. The lowest BCUT2D eigenvalue weighted by molar-refractivity contribution is -0.148. The van der Waals surface area contributed by atoms with E-state index in [-0.39, 0.29) is 17.9 Å². The summed E-state index contributed by atoms with van der Waals surface area (Å²) >= 11 is 0. The van der Waals surface area contributed by atoms with E-state index in [1.54, 1.807) is 0 Å². The molecule has 2 rings (SSSR count). The molecule has 0 unspecified atom stereocenters. The zero-order valence-electron chi connectivity index (χ0n) is 13.2. The third-order valence-corrected chi connectivity index (χ3v) is 2.99. The molecular weight excluding hydrogens is 335 g/mol. The minimum absolute atomic E-state index is 0.0128. The van der Waals surface area contributed by atoms with Gasteiger partial charge in [-0.1, -0.05) is 6.07 Å². The Morgan fingerprint density at radius 3 is 2.64 bits per heavy atom. The summed E-state index contributed by atoms with van der Waals surface area (Å²) in [6.45, 7) is -0.601. The summed E-state index contributed by atoms with van der Waals surface area (Å²) in [5, 5.41) is 0. The molecule has 0 saturated heterocycles. The summed E-state index contributed by atoms with van der Waals surface area (Å²) in [5.41, 5.74) is 4.52. The van der Waals surface area contributed by atoms with E-state index in [0.29, 0.717) is 5.56 Å². The first kappa shape index (κ1) is 18.0. The van der Waals surface area contributed by atoms with E-state index in [2.05, 4.69) is 10.9 Å². The number of hydrazine groups is 1. The van der Waals surface area contributed by atoms with Gasteiger partial charge in [-0.05, 0) is 29.8 Å². The van der Waals surface area contributed by atoms with Crippen LogP contribution in [0.5, 0.6) is 5.75 Å². The van der Waals surface area contributed by atoms with Gasteiger partial charge in [-0.25, -0.2) is 4.39 Å². The highest BCUT2D eigenvalue weighted by Crippen LogP contribution is 2.18. The van der Waals surface area contributed by atoms with Gasteiger partial charge in [0.05, 0.1) is 19.8 Å². The molecule has 2 aromatic rings. The monoisotopic (exact) mass is 350 g/mol. The lowest BCUT2D eigenvalue weighted by Crippen LogP contribution is -2.43. The average Bonchev–Trinajstić information content (AvgIpc) is 3.12. The third kappa shape index (κ3) is 5.34. The number of carbonyl (C=O) groups excluding carboxylic acids is 3. The van der Waals surface area contributed by atoms with Crippen molar-refractivity contribution in [2.24, 2.45) is 0 Å². The molecule has 2 amide bonds. The number of carbonyl (C=O) groups is 3. The van der Waals surface area contributed by atoms with Crippen molar-refractivity contribution in [1.82, 2.24) is 10.9 Å². The summed E-state index contributed by atoms with van der Waals surface area (Å²) in [4.78, 5) is 34.7. The van der Waals surface area contributed by atoms with E-state index in [4.69, 9.17) is 13.9 Å². The molecule has 0 spiro atoms. The van der Waals surface area contributed by atoms with Gasteiger partial charge < -0.3 is 13.9 Å². The number of ether oxygens (including phenoxy) is 2. The van der Waals surface area contributed by atoms with E-state index in [0.717, 1.165) is 6.07 Å².